The van der Waals surface area contributed by atoms with Gasteiger partial charge in [0.25, 0.3) is 0 Å². The third kappa shape index (κ3) is 5.02. The lowest BCUT2D eigenvalue weighted by Gasteiger charge is -2.07. The lowest BCUT2D eigenvalue weighted by Crippen LogP contribution is -2.24. The molecule has 0 aliphatic rings. The average Bonchev–Trinajstić information content (AvgIpc) is 2.72. The number of carbonyl (C=O) groups excluding carboxylic acids is 1. The normalized spacial score (nSPS) is 9.96. The standard InChI is InChI=1S/C23H21NO3/c1-26-22-15-14-19-11-5-6-12-20(19)21(22)13-7-8-16-24-23(25)27-17-18-9-3-2-4-10-18/h2-6,9-12,14-15H,8,16-17H2,1H3,(H,24,25). The number of rotatable bonds is 5. The SMILES string of the molecule is COc1ccc2ccccc2c1C#CCCNC(=O)OCc1ccccc1. The summed E-state index contributed by atoms with van der Waals surface area (Å²) in [6.45, 7) is 0.680. The maximum atomic E-state index is 11.7. The Balaban J connectivity index is 1.53. The van der Waals surface area contributed by atoms with Crippen LogP contribution < -0.4 is 10.1 Å². The van der Waals surface area contributed by atoms with Crippen LogP contribution in [0.5, 0.6) is 5.75 Å². The van der Waals surface area contributed by atoms with Gasteiger partial charge in [0.15, 0.2) is 0 Å². The Labute approximate surface area is 159 Å². The topological polar surface area (TPSA) is 47.6 Å². The number of benzene rings is 3. The lowest BCUT2D eigenvalue weighted by atomic mass is 10.0. The maximum Gasteiger partial charge on any atom is 0.407 e. The molecule has 0 spiro atoms. The molecule has 0 fully saturated rings. The molecule has 4 nitrogen and oxygen atoms in total. The third-order valence-electron chi connectivity index (χ3n) is 4.06. The highest BCUT2D eigenvalue weighted by Gasteiger charge is 2.05. The monoisotopic (exact) mass is 359 g/mol. The Morgan fingerprint density at radius 1 is 1.00 bits per heavy atom. The molecular formula is C23H21NO3. The molecule has 1 amide bonds. The fourth-order valence-electron chi connectivity index (χ4n) is 2.70. The van der Waals surface area contributed by atoms with Gasteiger partial charge in [0, 0.05) is 18.4 Å². The van der Waals surface area contributed by atoms with E-state index in [0.717, 1.165) is 27.6 Å². The van der Waals surface area contributed by atoms with Crippen molar-refractivity contribution in [2.24, 2.45) is 0 Å². The average molecular weight is 359 g/mol. The Morgan fingerprint density at radius 3 is 2.59 bits per heavy atom. The molecule has 0 saturated carbocycles. The molecule has 0 radical (unpaired) electrons. The minimum atomic E-state index is -0.441. The van der Waals surface area contributed by atoms with Crippen LogP contribution in [0.4, 0.5) is 4.79 Å². The van der Waals surface area contributed by atoms with E-state index in [2.05, 4.69) is 17.2 Å². The Morgan fingerprint density at radius 2 is 1.78 bits per heavy atom. The number of fused-ring (bicyclic) bond motifs is 1. The second-order valence-corrected chi connectivity index (χ2v) is 5.90. The number of amides is 1. The molecule has 3 rings (SSSR count). The summed E-state index contributed by atoms with van der Waals surface area (Å²) in [4.78, 5) is 11.7. The van der Waals surface area contributed by atoms with Crippen LogP contribution in [-0.4, -0.2) is 19.7 Å². The van der Waals surface area contributed by atoms with Gasteiger partial charge in [-0.1, -0.05) is 72.5 Å². The molecule has 3 aromatic rings. The van der Waals surface area contributed by atoms with Crippen molar-refractivity contribution in [1.82, 2.24) is 5.32 Å². The van der Waals surface area contributed by atoms with Gasteiger partial charge < -0.3 is 14.8 Å². The van der Waals surface area contributed by atoms with Crippen LogP contribution in [0.2, 0.25) is 0 Å². The molecular weight excluding hydrogens is 338 g/mol. The van der Waals surface area contributed by atoms with Gasteiger partial charge in [0.2, 0.25) is 0 Å². The van der Waals surface area contributed by atoms with Crippen LogP contribution in [0.3, 0.4) is 0 Å². The Kier molecular flexibility index (Phi) is 6.32. The minimum Gasteiger partial charge on any atom is -0.495 e. The first-order chi connectivity index (χ1) is 13.3. The Bertz CT molecular complexity index is 971. The van der Waals surface area contributed by atoms with Gasteiger partial charge in [-0.25, -0.2) is 4.79 Å². The van der Waals surface area contributed by atoms with E-state index in [-0.39, 0.29) is 6.61 Å². The maximum absolute atomic E-state index is 11.7. The number of nitrogens with one attached hydrogen (secondary N) is 1. The van der Waals surface area contributed by atoms with Crippen LogP contribution in [0.25, 0.3) is 10.8 Å². The molecule has 3 aromatic carbocycles. The van der Waals surface area contributed by atoms with E-state index in [1.807, 2.05) is 66.7 Å². The van der Waals surface area contributed by atoms with E-state index in [4.69, 9.17) is 9.47 Å². The summed E-state index contributed by atoms with van der Waals surface area (Å²) >= 11 is 0. The predicted octanol–water partition coefficient (Wildman–Crippen LogP) is 4.52. The number of ether oxygens (including phenoxy) is 2. The predicted molar refractivity (Wildman–Crippen MR) is 107 cm³/mol. The van der Waals surface area contributed by atoms with Crippen LogP contribution in [-0.2, 0) is 11.3 Å². The number of methoxy groups -OCH3 is 1. The van der Waals surface area contributed by atoms with Gasteiger partial charge in [0.05, 0.1) is 12.7 Å². The van der Waals surface area contributed by atoms with Crippen LogP contribution in [0.15, 0.2) is 66.7 Å². The lowest BCUT2D eigenvalue weighted by molar-refractivity contribution is 0.140. The summed E-state index contributed by atoms with van der Waals surface area (Å²) in [6, 6.07) is 21.6. The molecule has 4 heteroatoms. The van der Waals surface area contributed by atoms with Crippen molar-refractivity contribution in [2.75, 3.05) is 13.7 Å². The summed E-state index contributed by atoms with van der Waals surface area (Å²) in [5, 5.41) is 4.88. The quantitative estimate of drug-likeness (QED) is 0.538. The summed E-state index contributed by atoms with van der Waals surface area (Å²) in [5.41, 5.74) is 1.82. The smallest absolute Gasteiger partial charge is 0.407 e. The highest BCUT2D eigenvalue weighted by Crippen LogP contribution is 2.26. The molecule has 1 N–H and O–H groups in total. The van der Waals surface area contributed by atoms with Crippen molar-refractivity contribution in [3.63, 3.8) is 0 Å². The molecule has 0 heterocycles. The van der Waals surface area contributed by atoms with Gasteiger partial charge in [-0.2, -0.15) is 0 Å². The van der Waals surface area contributed by atoms with Crippen molar-refractivity contribution in [3.05, 3.63) is 77.9 Å². The molecule has 0 bridgehead atoms. The van der Waals surface area contributed by atoms with E-state index >= 15 is 0 Å². The summed E-state index contributed by atoms with van der Waals surface area (Å²) < 4.78 is 10.6. The highest BCUT2D eigenvalue weighted by molar-refractivity contribution is 5.90. The largest absolute Gasteiger partial charge is 0.495 e. The molecule has 0 aromatic heterocycles. The van der Waals surface area contributed by atoms with Crippen molar-refractivity contribution in [1.29, 1.82) is 0 Å². The van der Waals surface area contributed by atoms with E-state index in [1.165, 1.54) is 0 Å². The summed E-state index contributed by atoms with van der Waals surface area (Å²) in [5.74, 6) is 7.02. The zero-order valence-corrected chi connectivity index (χ0v) is 15.2. The number of alkyl carbamates (subject to hydrolysis) is 1. The van der Waals surface area contributed by atoms with Crippen LogP contribution >= 0.6 is 0 Å². The van der Waals surface area contributed by atoms with Gasteiger partial charge in [-0.3, -0.25) is 0 Å². The van der Waals surface area contributed by atoms with E-state index in [0.29, 0.717) is 13.0 Å². The van der Waals surface area contributed by atoms with Crippen molar-refractivity contribution >= 4 is 16.9 Å². The number of hydrogen-bond acceptors (Lipinski definition) is 3. The summed E-state index contributed by atoms with van der Waals surface area (Å²) in [6.07, 6.45) is 0.0793. The van der Waals surface area contributed by atoms with Gasteiger partial charge in [-0.15, -0.1) is 0 Å². The first-order valence-electron chi connectivity index (χ1n) is 8.77. The fourth-order valence-corrected chi connectivity index (χ4v) is 2.70. The first kappa shape index (κ1) is 18.3. The summed E-state index contributed by atoms with van der Waals surface area (Å²) in [7, 11) is 1.64. The zero-order valence-electron chi connectivity index (χ0n) is 15.2. The second-order valence-electron chi connectivity index (χ2n) is 5.90. The fraction of sp³-hybridized carbons (Fsp3) is 0.174. The molecule has 0 unspecified atom stereocenters. The molecule has 0 atom stereocenters. The van der Waals surface area contributed by atoms with E-state index in [1.54, 1.807) is 7.11 Å². The second kappa shape index (κ2) is 9.30. The van der Waals surface area contributed by atoms with Crippen molar-refractivity contribution in [2.45, 2.75) is 13.0 Å². The molecule has 0 aliphatic heterocycles. The zero-order chi connectivity index (χ0) is 18.9. The van der Waals surface area contributed by atoms with E-state index < -0.39 is 6.09 Å². The van der Waals surface area contributed by atoms with Crippen molar-refractivity contribution < 1.29 is 14.3 Å². The highest BCUT2D eigenvalue weighted by atomic mass is 16.5. The van der Waals surface area contributed by atoms with E-state index in [9.17, 15) is 4.79 Å². The van der Waals surface area contributed by atoms with Crippen LogP contribution in [0.1, 0.15) is 17.5 Å². The van der Waals surface area contributed by atoms with Gasteiger partial charge in [-0.05, 0) is 17.0 Å². The molecule has 136 valence electrons. The molecule has 27 heavy (non-hydrogen) atoms. The van der Waals surface area contributed by atoms with Gasteiger partial charge in [0.1, 0.15) is 12.4 Å². The minimum absolute atomic E-state index is 0.256. The molecule has 0 aliphatic carbocycles. The Hall–Kier alpha value is -3.45. The van der Waals surface area contributed by atoms with Crippen molar-refractivity contribution in [3.8, 4) is 17.6 Å². The number of hydrogen-bond donors (Lipinski definition) is 1. The molecule has 0 saturated heterocycles. The van der Waals surface area contributed by atoms with Gasteiger partial charge >= 0.3 is 6.09 Å². The first-order valence-corrected chi connectivity index (χ1v) is 8.77. The van der Waals surface area contributed by atoms with Crippen LogP contribution in [0, 0.1) is 11.8 Å². The number of carbonyl (C=O) groups is 1. The third-order valence-corrected chi connectivity index (χ3v) is 4.06.